The van der Waals surface area contributed by atoms with E-state index in [0.29, 0.717) is 12.8 Å². The standard InChI is InChI=1S/C74H141NO13/c1-3-5-7-9-11-13-15-17-18-19-20-21-22-23-24-25-26-27-28-29-30-31-32-33-34-35-36-37-38-39-40-41-42-43-44-46-48-50-52-54-56-58-66(79)75-62(63(78)57-55-53-51-49-47-45-16-14-12-10-8-6-4-2)61-85-73-71(84)69(82)72(65(60-77)87-73)88-74-70(83)68(81)67(80)64(59-76)86-74/h15,17,19-20,62-65,67-74,76-78,80-84H,3-14,16,18,21-61H2,1-2H3,(H,75,79)/b17-15-,20-19-. The van der Waals surface area contributed by atoms with Gasteiger partial charge < -0.3 is 65.1 Å². The predicted octanol–water partition coefficient (Wildman–Crippen LogP) is 15.9. The number of amides is 1. The third-order valence-electron chi connectivity index (χ3n) is 18.7. The van der Waals surface area contributed by atoms with Gasteiger partial charge >= 0.3 is 0 Å². The van der Waals surface area contributed by atoms with E-state index >= 15 is 0 Å². The van der Waals surface area contributed by atoms with Gasteiger partial charge in [0.1, 0.15) is 48.8 Å². The Morgan fingerprint density at radius 1 is 0.409 bits per heavy atom. The molecule has 0 saturated carbocycles. The highest BCUT2D eigenvalue weighted by molar-refractivity contribution is 5.76. The van der Waals surface area contributed by atoms with E-state index in [0.717, 1.165) is 57.8 Å². The van der Waals surface area contributed by atoms with Crippen LogP contribution in [0.25, 0.3) is 0 Å². The van der Waals surface area contributed by atoms with Crippen LogP contribution in [0.2, 0.25) is 0 Å². The molecule has 14 heteroatoms. The van der Waals surface area contributed by atoms with Gasteiger partial charge in [0.2, 0.25) is 5.91 Å². The topological polar surface area (TPSA) is 228 Å². The fourth-order valence-corrected chi connectivity index (χ4v) is 12.7. The Labute approximate surface area is 539 Å². The lowest BCUT2D eigenvalue weighted by Crippen LogP contribution is -2.65. The quantitative estimate of drug-likeness (QED) is 0.0204. The molecule has 14 nitrogen and oxygen atoms in total. The Morgan fingerprint density at radius 3 is 1.14 bits per heavy atom. The van der Waals surface area contributed by atoms with Crippen LogP contribution in [-0.2, 0) is 23.7 Å². The first-order valence-electron chi connectivity index (χ1n) is 37.6. The van der Waals surface area contributed by atoms with Crippen molar-refractivity contribution in [1.29, 1.82) is 0 Å². The summed E-state index contributed by atoms with van der Waals surface area (Å²) >= 11 is 0. The van der Waals surface area contributed by atoms with E-state index in [1.165, 1.54) is 263 Å². The lowest BCUT2D eigenvalue weighted by Gasteiger charge is -2.46. The summed E-state index contributed by atoms with van der Waals surface area (Å²) in [6.07, 6.45) is 58.2. The van der Waals surface area contributed by atoms with Crippen molar-refractivity contribution in [3.8, 4) is 0 Å². The third kappa shape index (κ3) is 42.6. The van der Waals surface area contributed by atoms with E-state index in [9.17, 15) is 45.6 Å². The van der Waals surface area contributed by atoms with Crippen molar-refractivity contribution < 1.29 is 64.6 Å². The van der Waals surface area contributed by atoms with E-state index in [4.69, 9.17) is 18.9 Å². The highest BCUT2D eigenvalue weighted by Gasteiger charge is 2.51. The smallest absolute Gasteiger partial charge is 0.220 e. The summed E-state index contributed by atoms with van der Waals surface area (Å²) in [5, 5.41) is 87.4. The zero-order valence-electron chi connectivity index (χ0n) is 56.7. The second-order valence-corrected chi connectivity index (χ2v) is 26.8. The van der Waals surface area contributed by atoms with Crippen LogP contribution in [0.4, 0.5) is 0 Å². The molecule has 2 heterocycles. The van der Waals surface area contributed by atoms with Gasteiger partial charge in [-0.15, -0.1) is 0 Å². The van der Waals surface area contributed by atoms with Crippen LogP contribution in [0.5, 0.6) is 0 Å². The maximum atomic E-state index is 13.3. The monoisotopic (exact) mass is 1250 g/mol. The molecule has 0 bridgehead atoms. The molecule has 2 aliphatic heterocycles. The lowest BCUT2D eigenvalue weighted by molar-refractivity contribution is -0.359. The molecule has 1 amide bonds. The average Bonchev–Trinajstić information content (AvgIpc) is 2.45. The van der Waals surface area contributed by atoms with Crippen molar-refractivity contribution in [1.82, 2.24) is 5.32 Å². The van der Waals surface area contributed by atoms with Crippen LogP contribution in [0, 0.1) is 0 Å². The molecule has 0 spiro atoms. The molecule has 0 aromatic rings. The molecule has 0 aliphatic carbocycles. The number of unbranched alkanes of at least 4 members (excludes halogenated alkanes) is 46. The maximum absolute atomic E-state index is 13.3. The number of ether oxygens (including phenoxy) is 4. The van der Waals surface area contributed by atoms with Gasteiger partial charge in [0.05, 0.1) is 32.0 Å². The summed E-state index contributed by atoms with van der Waals surface area (Å²) in [5.41, 5.74) is 0. The SMILES string of the molecule is CCCCCCC/C=C\C/C=C\CCCCCCCCCCCCCCCCCCCCCCCCCCCCCCCC(=O)NC(COC1OC(CO)C(OC2OC(CO)C(O)C(O)C2O)C(O)C1O)C(O)CCCCCCCCCCCCCCC. The van der Waals surface area contributed by atoms with Crippen molar-refractivity contribution in [3.63, 3.8) is 0 Å². The van der Waals surface area contributed by atoms with Gasteiger partial charge in [-0.25, -0.2) is 0 Å². The first-order valence-corrected chi connectivity index (χ1v) is 37.6. The van der Waals surface area contributed by atoms with E-state index in [-0.39, 0.29) is 12.5 Å². The molecule has 2 aliphatic rings. The van der Waals surface area contributed by atoms with E-state index < -0.39 is 86.8 Å². The van der Waals surface area contributed by atoms with Crippen LogP contribution in [0.1, 0.15) is 348 Å². The Kier molecular flexibility index (Phi) is 55.6. The van der Waals surface area contributed by atoms with Gasteiger partial charge in [-0.05, 0) is 44.9 Å². The molecular formula is C74H141NO13. The van der Waals surface area contributed by atoms with Crippen molar-refractivity contribution in [2.24, 2.45) is 0 Å². The summed E-state index contributed by atoms with van der Waals surface area (Å²) in [4.78, 5) is 13.3. The normalized spacial score (nSPS) is 23.2. The van der Waals surface area contributed by atoms with Crippen LogP contribution < -0.4 is 5.32 Å². The van der Waals surface area contributed by atoms with E-state index in [1.54, 1.807) is 0 Å². The Bertz CT molecular complexity index is 1570. The number of aliphatic hydroxyl groups excluding tert-OH is 8. The molecule has 0 aromatic carbocycles. The molecule has 520 valence electrons. The summed E-state index contributed by atoms with van der Waals surface area (Å²) in [6.45, 7) is 2.88. The molecular weight excluding hydrogens is 1110 g/mol. The second-order valence-electron chi connectivity index (χ2n) is 26.8. The molecule has 12 unspecified atom stereocenters. The summed E-state index contributed by atoms with van der Waals surface area (Å²) in [6, 6.07) is -0.825. The number of nitrogens with one attached hydrogen (secondary N) is 1. The molecule has 88 heavy (non-hydrogen) atoms. The van der Waals surface area contributed by atoms with Crippen molar-refractivity contribution in [2.45, 2.75) is 421 Å². The van der Waals surface area contributed by atoms with Crippen molar-refractivity contribution in [3.05, 3.63) is 24.3 Å². The largest absolute Gasteiger partial charge is 0.394 e. The van der Waals surface area contributed by atoms with Crippen LogP contribution in [0.3, 0.4) is 0 Å². The molecule has 0 aromatic heterocycles. The number of hydrogen-bond donors (Lipinski definition) is 9. The highest BCUT2D eigenvalue weighted by Crippen LogP contribution is 2.30. The Hall–Kier alpha value is -1.53. The van der Waals surface area contributed by atoms with Crippen LogP contribution in [-0.4, -0.2) is 140 Å². The maximum Gasteiger partial charge on any atom is 0.220 e. The van der Waals surface area contributed by atoms with Gasteiger partial charge in [-0.3, -0.25) is 4.79 Å². The molecule has 2 rings (SSSR count). The minimum absolute atomic E-state index is 0.200. The molecule has 2 fully saturated rings. The second kappa shape index (κ2) is 59.2. The van der Waals surface area contributed by atoms with Crippen LogP contribution in [0.15, 0.2) is 24.3 Å². The highest BCUT2D eigenvalue weighted by atomic mass is 16.7. The lowest BCUT2D eigenvalue weighted by atomic mass is 9.97. The minimum atomic E-state index is -1.78. The Morgan fingerprint density at radius 2 is 0.750 bits per heavy atom. The van der Waals surface area contributed by atoms with Gasteiger partial charge in [0, 0.05) is 6.42 Å². The van der Waals surface area contributed by atoms with Crippen molar-refractivity contribution in [2.75, 3.05) is 19.8 Å². The number of rotatable bonds is 63. The first-order chi connectivity index (χ1) is 43.1. The molecule has 2 saturated heterocycles. The predicted molar refractivity (Wildman–Crippen MR) is 360 cm³/mol. The van der Waals surface area contributed by atoms with Gasteiger partial charge in [-0.1, -0.05) is 321 Å². The third-order valence-corrected chi connectivity index (χ3v) is 18.7. The summed E-state index contributed by atoms with van der Waals surface area (Å²) in [7, 11) is 0. The number of allylic oxidation sites excluding steroid dienone is 4. The number of carbonyl (C=O) groups excluding carboxylic acids is 1. The number of hydrogen-bond acceptors (Lipinski definition) is 13. The first kappa shape index (κ1) is 82.6. The number of aliphatic hydroxyl groups is 8. The molecule has 9 N–H and O–H groups in total. The van der Waals surface area contributed by atoms with E-state index in [1.807, 2.05) is 0 Å². The average molecular weight is 1250 g/mol. The molecule has 0 radical (unpaired) electrons. The fraction of sp³-hybridized carbons (Fsp3) is 0.932. The van der Waals surface area contributed by atoms with Gasteiger partial charge in [0.15, 0.2) is 12.6 Å². The van der Waals surface area contributed by atoms with Crippen LogP contribution >= 0.6 is 0 Å². The zero-order valence-corrected chi connectivity index (χ0v) is 56.7. The van der Waals surface area contributed by atoms with Gasteiger partial charge in [0.25, 0.3) is 0 Å². The van der Waals surface area contributed by atoms with E-state index in [2.05, 4.69) is 43.5 Å². The Balaban J connectivity index is 1.51. The summed E-state index contributed by atoms with van der Waals surface area (Å²) in [5.74, 6) is -0.200. The number of carbonyl (C=O) groups is 1. The summed E-state index contributed by atoms with van der Waals surface area (Å²) < 4.78 is 22.9. The van der Waals surface area contributed by atoms with Gasteiger partial charge in [-0.2, -0.15) is 0 Å². The van der Waals surface area contributed by atoms with Crippen molar-refractivity contribution >= 4 is 5.91 Å². The zero-order chi connectivity index (χ0) is 63.8. The minimum Gasteiger partial charge on any atom is -0.394 e. The fourth-order valence-electron chi connectivity index (χ4n) is 12.7. The molecule has 12 atom stereocenters.